The fourth-order valence-corrected chi connectivity index (χ4v) is 3.30. The zero-order valence-electron chi connectivity index (χ0n) is 12.6. The molecule has 5 nitrogen and oxygen atoms in total. The molecule has 128 valence electrons. The van der Waals surface area contributed by atoms with E-state index in [4.69, 9.17) is 23.2 Å². The van der Waals surface area contributed by atoms with Crippen molar-refractivity contribution in [3.8, 4) is 0 Å². The fraction of sp³-hybridized carbons (Fsp3) is 0.357. The summed E-state index contributed by atoms with van der Waals surface area (Å²) in [6.07, 6.45) is 0.946. The minimum Gasteiger partial charge on any atom is -0.362 e. The summed E-state index contributed by atoms with van der Waals surface area (Å²) in [4.78, 5) is 8.18. The molecule has 0 fully saturated rings. The summed E-state index contributed by atoms with van der Waals surface area (Å²) in [7, 11) is 0. The van der Waals surface area contributed by atoms with Gasteiger partial charge in [-0.2, -0.15) is 4.98 Å². The molecule has 3 aromatic rings. The van der Waals surface area contributed by atoms with Gasteiger partial charge in [-0.1, -0.05) is 11.6 Å². The van der Waals surface area contributed by atoms with Crippen molar-refractivity contribution < 1.29 is 8.78 Å². The number of hydrogen-bond donors (Lipinski definition) is 1. The van der Waals surface area contributed by atoms with Crippen LogP contribution in [0.25, 0.3) is 5.52 Å². The lowest BCUT2D eigenvalue weighted by Gasteiger charge is -2.06. The molecule has 1 N–H and O–H groups in total. The lowest BCUT2D eigenvalue weighted by Crippen LogP contribution is -2.06. The standard InChI is InChI=1S/C14H13Cl2F2N5S/c1-7(17)2-3-8-10(18)11-13(20-6-9-19-4-5-24-9)21-14(16)22-23(11)12(8)15/h4-5,7H,2-3,6H2,1H3,(H,20,21,22). The zero-order valence-corrected chi connectivity index (χ0v) is 14.9. The van der Waals surface area contributed by atoms with Gasteiger partial charge in [-0.3, -0.25) is 0 Å². The highest BCUT2D eigenvalue weighted by Crippen LogP contribution is 2.31. The van der Waals surface area contributed by atoms with E-state index in [1.165, 1.54) is 22.8 Å². The number of anilines is 1. The van der Waals surface area contributed by atoms with Crippen LogP contribution in [-0.2, 0) is 13.0 Å². The Hall–Kier alpha value is -1.51. The van der Waals surface area contributed by atoms with E-state index in [1.54, 1.807) is 6.20 Å². The van der Waals surface area contributed by atoms with Crippen molar-refractivity contribution >= 4 is 45.9 Å². The smallest absolute Gasteiger partial charge is 0.243 e. The molecule has 1 atom stereocenters. The van der Waals surface area contributed by atoms with E-state index in [1.807, 2.05) is 5.38 Å². The first-order chi connectivity index (χ1) is 11.5. The molecule has 24 heavy (non-hydrogen) atoms. The van der Waals surface area contributed by atoms with E-state index in [2.05, 4.69) is 20.4 Å². The predicted octanol–water partition coefficient (Wildman–Crippen LogP) is 4.53. The topological polar surface area (TPSA) is 55.1 Å². The second kappa shape index (κ2) is 7.16. The van der Waals surface area contributed by atoms with Crippen LogP contribution in [0.3, 0.4) is 0 Å². The van der Waals surface area contributed by atoms with Gasteiger partial charge in [-0.15, -0.1) is 16.4 Å². The molecule has 3 heterocycles. The molecule has 0 aromatic carbocycles. The van der Waals surface area contributed by atoms with Crippen molar-refractivity contribution in [2.45, 2.75) is 32.5 Å². The Kier molecular flexibility index (Phi) is 5.17. The average Bonchev–Trinajstić information content (AvgIpc) is 3.12. The molecule has 0 saturated heterocycles. The molecule has 0 spiro atoms. The Labute approximate surface area is 150 Å². The van der Waals surface area contributed by atoms with Crippen LogP contribution in [0.15, 0.2) is 11.6 Å². The van der Waals surface area contributed by atoms with Crippen molar-refractivity contribution in [2.75, 3.05) is 5.32 Å². The van der Waals surface area contributed by atoms with Crippen LogP contribution >= 0.6 is 34.5 Å². The van der Waals surface area contributed by atoms with Gasteiger partial charge in [0.1, 0.15) is 15.7 Å². The van der Waals surface area contributed by atoms with Crippen LogP contribution in [0.5, 0.6) is 0 Å². The second-order valence-electron chi connectivity index (χ2n) is 5.17. The maximum Gasteiger partial charge on any atom is 0.243 e. The number of rotatable bonds is 6. The van der Waals surface area contributed by atoms with Gasteiger partial charge in [0, 0.05) is 17.1 Å². The first kappa shape index (κ1) is 17.3. The molecule has 3 aromatic heterocycles. The second-order valence-corrected chi connectivity index (χ2v) is 6.85. The van der Waals surface area contributed by atoms with Crippen LogP contribution in [0.2, 0.25) is 10.4 Å². The van der Waals surface area contributed by atoms with Crippen molar-refractivity contribution in [1.82, 2.24) is 19.6 Å². The number of alkyl halides is 1. The molecule has 0 radical (unpaired) electrons. The minimum absolute atomic E-state index is 0.0738. The first-order valence-corrected chi connectivity index (χ1v) is 8.79. The minimum atomic E-state index is -1.05. The first-order valence-electron chi connectivity index (χ1n) is 7.15. The number of thiazole rings is 1. The molecular formula is C14H13Cl2F2N5S. The number of nitrogens with one attached hydrogen (secondary N) is 1. The Morgan fingerprint density at radius 1 is 1.42 bits per heavy atom. The maximum absolute atomic E-state index is 14.8. The highest BCUT2D eigenvalue weighted by Gasteiger charge is 2.23. The molecule has 3 rings (SSSR count). The van der Waals surface area contributed by atoms with Crippen molar-refractivity contribution in [2.24, 2.45) is 0 Å². The molecule has 0 bridgehead atoms. The SMILES string of the molecule is CC(F)CCc1c(F)c2c(NCc3nccs3)nc(Cl)nn2c1Cl. The summed E-state index contributed by atoms with van der Waals surface area (Å²) in [6.45, 7) is 1.78. The summed E-state index contributed by atoms with van der Waals surface area (Å²) in [5, 5.41) is 9.58. The van der Waals surface area contributed by atoms with Crippen molar-refractivity contribution in [3.63, 3.8) is 0 Å². The Bertz CT molecular complexity index is 851. The summed E-state index contributed by atoms with van der Waals surface area (Å²) in [5.74, 6) is -0.358. The van der Waals surface area contributed by atoms with Gasteiger partial charge in [0.05, 0.1) is 12.7 Å². The monoisotopic (exact) mass is 391 g/mol. The third-order valence-corrected chi connectivity index (χ3v) is 4.74. The number of halogens is 4. The summed E-state index contributed by atoms with van der Waals surface area (Å²) in [5.41, 5.74) is 0.289. The van der Waals surface area contributed by atoms with Gasteiger partial charge in [-0.05, 0) is 31.4 Å². The Morgan fingerprint density at radius 3 is 2.88 bits per heavy atom. The normalized spacial score (nSPS) is 12.7. The lowest BCUT2D eigenvalue weighted by atomic mass is 10.1. The van der Waals surface area contributed by atoms with E-state index in [-0.39, 0.29) is 40.2 Å². The Balaban J connectivity index is 2.00. The molecule has 1 unspecified atom stereocenters. The summed E-state index contributed by atoms with van der Waals surface area (Å²) < 4.78 is 29.1. The van der Waals surface area contributed by atoms with Gasteiger partial charge >= 0.3 is 0 Å². The number of fused-ring (bicyclic) bond motifs is 1. The highest BCUT2D eigenvalue weighted by atomic mass is 35.5. The predicted molar refractivity (Wildman–Crippen MR) is 91.3 cm³/mol. The van der Waals surface area contributed by atoms with E-state index < -0.39 is 12.0 Å². The quantitative estimate of drug-likeness (QED) is 0.670. The number of aromatic nitrogens is 4. The van der Waals surface area contributed by atoms with Crippen molar-refractivity contribution in [1.29, 1.82) is 0 Å². The largest absolute Gasteiger partial charge is 0.362 e. The zero-order chi connectivity index (χ0) is 17.3. The highest BCUT2D eigenvalue weighted by molar-refractivity contribution is 7.09. The number of nitrogens with zero attached hydrogens (tertiary/aromatic N) is 4. The lowest BCUT2D eigenvalue weighted by molar-refractivity contribution is 0.340. The maximum atomic E-state index is 14.8. The van der Waals surface area contributed by atoms with Gasteiger partial charge in [0.2, 0.25) is 5.28 Å². The van der Waals surface area contributed by atoms with E-state index in [9.17, 15) is 8.78 Å². The van der Waals surface area contributed by atoms with Gasteiger partial charge < -0.3 is 5.32 Å². The van der Waals surface area contributed by atoms with Gasteiger partial charge in [-0.25, -0.2) is 18.3 Å². The molecule has 10 heteroatoms. The molecule has 0 aliphatic heterocycles. The molecule has 0 amide bonds. The Morgan fingerprint density at radius 2 is 2.21 bits per heavy atom. The van der Waals surface area contributed by atoms with Crippen molar-refractivity contribution in [3.05, 3.63) is 38.4 Å². The van der Waals surface area contributed by atoms with E-state index in [0.29, 0.717) is 6.54 Å². The molecule has 0 aliphatic carbocycles. The third kappa shape index (κ3) is 3.45. The van der Waals surface area contributed by atoms with Crippen LogP contribution in [-0.4, -0.2) is 25.8 Å². The van der Waals surface area contributed by atoms with E-state index in [0.717, 1.165) is 5.01 Å². The molecule has 0 saturated carbocycles. The van der Waals surface area contributed by atoms with Gasteiger partial charge in [0.25, 0.3) is 0 Å². The van der Waals surface area contributed by atoms with Crippen LogP contribution < -0.4 is 5.32 Å². The molecule has 0 aliphatic rings. The summed E-state index contributed by atoms with van der Waals surface area (Å²) >= 11 is 13.6. The summed E-state index contributed by atoms with van der Waals surface area (Å²) in [6, 6.07) is 0. The fourth-order valence-electron chi connectivity index (χ4n) is 2.28. The van der Waals surface area contributed by atoms with Crippen LogP contribution in [0, 0.1) is 5.82 Å². The van der Waals surface area contributed by atoms with Crippen LogP contribution in [0.1, 0.15) is 23.9 Å². The van der Waals surface area contributed by atoms with E-state index >= 15 is 0 Å². The number of hydrogen-bond acceptors (Lipinski definition) is 5. The van der Waals surface area contributed by atoms with Crippen LogP contribution in [0.4, 0.5) is 14.6 Å². The third-order valence-electron chi connectivity index (χ3n) is 3.41. The molecular weight excluding hydrogens is 379 g/mol. The average molecular weight is 392 g/mol. The van der Waals surface area contributed by atoms with Gasteiger partial charge in [0.15, 0.2) is 11.6 Å².